The van der Waals surface area contributed by atoms with Gasteiger partial charge in [0.05, 0.1) is 5.92 Å². The maximum absolute atomic E-state index is 12.7. The van der Waals surface area contributed by atoms with Crippen molar-refractivity contribution in [2.45, 2.75) is 69.9 Å². The molecule has 2 aliphatic rings. The first-order valence-corrected chi connectivity index (χ1v) is 8.66. The molecule has 3 unspecified atom stereocenters. The van der Waals surface area contributed by atoms with E-state index in [1.165, 1.54) is 25.8 Å². The summed E-state index contributed by atoms with van der Waals surface area (Å²) < 4.78 is 0. The molecule has 2 rings (SSSR count). The fourth-order valence-electron chi connectivity index (χ4n) is 3.99. The van der Waals surface area contributed by atoms with Gasteiger partial charge in [0.25, 0.3) is 0 Å². The first-order valence-electron chi connectivity index (χ1n) is 8.66. The average Bonchev–Trinajstić information content (AvgIpc) is 2.45. The molecule has 1 amide bonds. The van der Waals surface area contributed by atoms with E-state index in [0.29, 0.717) is 6.04 Å². The number of nitrogens with two attached hydrogens (primary N) is 1. The van der Waals surface area contributed by atoms with Crippen LogP contribution in [0.2, 0.25) is 0 Å². The van der Waals surface area contributed by atoms with Crippen LogP contribution in [0.15, 0.2) is 0 Å². The second-order valence-electron chi connectivity index (χ2n) is 7.48. The highest BCUT2D eigenvalue weighted by Crippen LogP contribution is 2.32. The van der Waals surface area contributed by atoms with Gasteiger partial charge in [0.1, 0.15) is 0 Å². The fraction of sp³-hybridized carbons (Fsp3) is 0.941. The van der Waals surface area contributed by atoms with E-state index in [1.807, 2.05) is 11.9 Å². The average molecular weight is 368 g/mol. The summed E-state index contributed by atoms with van der Waals surface area (Å²) in [6, 6.07) is 0.643. The molecule has 0 spiro atoms. The zero-order valence-corrected chi connectivity index (χ0v) is 16.6. The summed E-state index contributed by atoms with van der Waals surface area (Å²) in [4.78, 5) is 17.1. The van der Waals surface area contributed by atoms with Crippen LogP contribution in [0.5, 0.6) is 0 Å². The largest absolute Gasteiger partial charge is 0.345 e. The molecule has 3 atom stereocenters. The van der Waals surface area contributed by atoms with E-state index in [4.69, 9.17) is 5.73 Å². The van der Waals surface area contributed by atoms with Gasteiger partial charge < -0.3 is 15.5 Å². The number of nitrogens with zero attached hydrogens (tertiary/aromatic N) is 2. The van der Waals surface area contributed by atoms with Gasteiger partial charge in [-0.15, -0.1) is 24.8 Å². The summed E-state index contributed by atoms with van der Waals surface area (Å²) in [7, 11) is 4.17. The molecule has 0 bridgehead atoms. The molecule has 0 aromatic rings. The van der Waals surface area contributed by atoms with Gasteiger partial charge in [-0.3, -0.25) is 4.79 Å². The van der Waals surface area contributed by atoms with E-state index < -0.39 is 0 Å². The van der Waals surface area contributed by atoms with Crippen LogP contribution in [-0.4, -0.2) is 54.5 Å². The van der Waals surface area contributed by atoms with Gasteiger partial charge in [0.15, 0.2) is 0 Å². The number of piperidine rings is 1. The van der Waals surface area contributed by atoms with Crippen LogP contribution in [0, 0.1) is 5.92 Å². The standard InChI is InChI=1S/C17H33N3O.2ClH/c1-17(18)11-6-4-9-15(17)16(21)20(3)13-10-14-8-5-7-12-19(14)2;;/h14-15H,4-13,18H2,1-3H3;2*1H. The van der Waals surface area contributed by atoms with Crippen molar-refractivity contribution >= 4 is 30.7 Å². The molecule has 138 valence electrons. The Bertz CT molecular complexity index is 366. The molecule has 1 saturated carbocycles. The molecule has 1 heterocycles. The van der Waals surface area contributed by atoms with Crippen molar-refractivity contribution in [2.24, 2.45) is 11.7 Å². The van der Waals surface area contributed by atoms with Crippen LogP contribution in [0.4, 0.5) is 0 Å². The Labute approximate surface area is 154 Å². The molecule has 0 aromatic carbocycles. The zero-order valence-electron chi connectivity index (χ0n) is 14.9. The van der Waals surface area contributed by atoms with Gasteiger partial charge >= 0.3 is 0 Å². The van der Waals surface area contributed by atoms with Crippen LogP contribution in [0.3, 0.4) is 0 Å². The highest BCUT2D eigenvalue weighted by Gasteiger charge is 2.39. The molecule has 1 saturated heterocycles. The SMILES string of the molecule is CN(CCC1CCCCN1C)C(=O)C1CCCCC1(C)N.Cl.Cl. The van der Waals surface area contributed by atoms with Gasteiger partial charge in [0, 0.05) is 25.2 Å². The quantitative estimate of drug-likeness (QED) is 0.830. The smallest absolute Gasteiger partial charge is 0.227 e. The normalized spacial score (nSPS) is 31.7. The number of hydrogen-bond donors (Lipinski definition) is 1. The van der Waals surface area contributed by atoms with Gasteiger partial charge in [-0.05, 0) is 52.6 Å². The molecule has 2 N–H and O–H groups in total. The topological polar surface area (TPSA) is 49.6 Å². The molecule has 1 aliphatic heterocycles. The van der Waals surface area contributed by atoms with Crippen LogP contribution in [-0.2, 0) is 4.79 Å². The minimum atomic E-state index is -0.314. The highest BCUT2D eigenvalue weighted by molar-refractivity contribution is 5.85. The third-order valence-electron chi connectivity index (χ3n) is 5.65. The summed E-state index contributed by atoms with van der Waals surface area (Å²) in [5.74, 6) is 0.276. The third-order valence-corrected chi connectivity index (χ3v) is 5.65. The molecule has 0 aromatic heterocycles. The van der Waals surface area contributed by atoms with E-state index >= 15 is 0 Å². The molecule has 1 aliphatic carbocycles. The molecular formula is C17H35Cl2N3O. The van der Waals surface area contributed by atoms with Crippen LogP contribution >= 0.6 is 24.8 Å². The van der Waals surface area contributed by atoms with E-state index in [1.54, 1.807) is 0 Å². The van der Waals surface area contributed by atoms with Gasteiger partial charge in [0.2, 0.25) is 5.91 Å². The maximum atomic E-state index is 12.7. The van der Waals surface area contributed by atoms with Crippen molar-refractivity contribution in [3.8, 4) is 0 Å². The van der Waals surface area contributed by atoms with Crippen molar-refractivity contribution in [3.63, 3.8) is 0 Å². The van der Waals surface area contributed by atoms with Crippen molar-refractivity contribution in [3.05, 3.63) is 0 Å². The fourth-order valence-corrected chi connectivity index (χ4v) is 3.99. The summed E-state index contributed by atoms with van der Waals surface area (Å²) >= 11 is 0. The lowest BCUT2D eigenvalue weighted by Crippen LogP contribution is -2.53. The lowest BCUT2D eigenvalue weighted by Gasteiger charge is -2.40. The number of halogens is 2. The molecule has 0 radical (unpaired) electrons. The number of carbonyl (C=O) groups is 1. The predicted molar refractivity (Wildman–Crippen MR) is 102 cm³/mol. The van der Waals surface area contributed by atoms with Crippen molar-refractivity contribution in [2.75, 3.05) is 27.2 Å². The molecule has 6 heteroatoms. The number of likely N-dealkylation sites (tertiary alicyclic amines) is 1. The highest BCUT2D eigenvalue weighted by atomic mass is 35.5. The van der Waals surface area contributed by atoms with Crippen molar-refractivity contribution < 1.29 is 4.79 Å². The Kier molecular flexibility index (Phi) is 10.1. The molecule has 23 heavy (non-hydrogen) atoms. The van der Waals surface area contributed by atoms with Gasteiger partial charge in [-0.1, -0.05) is 19.3 Å². The summed E-state index contributed by atoms with van der Waals surface area (Å²) in [6.45, 7) is 4.11. The maximum Gasteiger partial charge on any atom is 0.227 e. The Hall–Kier alpha value is -0.0300. The minimum Gasteiger partial charge on any atom is -0.345 e. The Morgan fingerprint density at radius 3 is 2.48 bits per heavy atom. The van der Waals surface area contributed by atoms with Gasteiger partial charge in [-0.2, -0.15) is 0 Å². The molecule has 2 fully saturated rings. The summed E-state index contributed by atoms with van der Waals surface area (Å²) in [6.07, 6.45) is 9.24. The zero-order chi connectivity index (χ0) is 15.5. The second-order valence-corrected chi connectivity index (χ2v) is 7.48. The Balaban J connectivity index is 0.00000242. The van der Waals surface area contributed by atoms with Crippen LogP contribution < -0.4 is 5.73 Å². The second kappa shape index (κ2) is 10.1. The number of carbonyl (C=O) groups excluding carboxylic acids is 1. The Morgan fingerprint density at radius 1 is 1.22 bits per heavy atom. The predicted octanol–water partition coefficient (Wildman–Crippen LogP) is 3.07. The lowest BCUT2D eigenvalue weighted by atomic mass is 9.74. The molecular weight excluding hydrogens is 333 g/mol. The number of hydrogen-bond acceptors (Lipinski definition) is 3. The van der Waals surface area contributed by atoms with E-state index in [9.17, 15) is 4.79 Å². The van der Waals surface area contributed by atoms with Crippen molar-refractivity contribution in [1.29, 1.82) is 0 Å². The monoisotopic (exact) mass is 367 g/mol. The first-order chi connectivity index (χ1) is 9.92. The third kappa shape index (κ3) is 6.08. The van der Waals surface area contributed by atoms with E-state index in [-0.39, 0.29) is 42.2 Å². The summed E-state index contributed by atoms with van der Waals surface area (Å²) in [5, 5.41) is 0. The van der Waals surface area contributed by atoms with Crippen LogP contribution in [0.1, 0.15) is 58.3 Å². The van der Waals surface area contributed by atoms with Gasteiger partial charge in [-0.25, -0.2) is 0 Å². The summed E-state index contributed by atoms with van der Waals surface area (Å²) in [5.41, 5.74) is 6.05. The van der Waals surface area contributed by atoms with E-state index in [2.05, 4.69) is 18.9 Å². The Morgan fingerprint density at radius 2 is 1.87 bits per heavy atom. The molecule has 4 nitrogen and oxygen atoms in total. The van der Waals surface area contributed by atoms with Crippen molar-refractivity contribution in [1.82, 2.24) is 9.80 Å². The first kappa shape index (κ1) is 23.0. The number of amides is 1. The number of rotatable bonds is 4. The lowest BCUT2D eigenvalue weighted by molar-refractivity contribution is -0.137. The van der Waals surface area contributed by atoms with Crippen LogP contribution in [0.25, 0.3) is 0 Å². The minimum absolute atomic E-state index is 0. The van der Waals surface area contributed by atoms with E-state index in [0.717, 1.165) is 38.6 Å².